The molecule has 3 rings (SSSR count). The Morgan fingerprint density at radius 1 is 0.962 bits per heavy atom. The third-order valence-corrected chi connectivity index (χ3v) is 22.4. The monoisotopic (exact) mass is 432 g/mol. The van der Waals surface area contributed by atoms with E-state index in [1.165, 1.54) is 5.56 Å². The molecule has 0 nitrogen and oxygen atoms in total. The predicted molar refractivity (Wildman–Crippen MR) is 125 cm³/mol. The molecule has 2 unspecified atom stereocenters. The van der Waals surface area contributed by atoms with Crippen molar-refractivity contribution in [2.45, 2.75) is 59.5 Å². The second kappa shape index (κ2) is 6.15. The minimum absolute atomic E-state index is 0.640. The molecule has 2 aliphatic carbocycles. The molecule has 0 N–H and O–H groups in total. The van der Waals surface area contributed by atoms with E-state index >= 15 is 0 Å². The van der Waals surface area contributed by atoms with Crippen LogP contribution in [-0.4, -0.2) is 23.8 Å². The van der Waals surface area contributed by atoms with E-state index in [0.29, 0.717) is 4.22 Å². The van der Waals surface area contributed by atoms with Crippen LogP contribution in [-0.2, 0) is 14.0 Å². The van der Waals surface area contributed by atoms with Crippen LogP contribution in [0.5, 0.6) is 0 Å². The van der Waals surface area contributed by atoms with Gasteiger partial charge < -0.3 is 0 Å². The number of hydrogen-bond acceptors (Lipinski definition) is 0. The average molecular weight is 433 g/mol. The molecule has 2 aliphatic rings. The van der Waals surface area contributed by atoms with Crippen molar-refractivity contribution in [2.75, 3.05) is 0 Å². The molecule has 0 aliphatic heterocycles. The van der Waals surface area contributed by atoms with Crippen LogP contribution in [0.15, 0.2) is 51.6 Å². The molecular formula is C22H36Si3Ti. The predicted octanol–water partition coefficient (Wildman–Crippen LogP) is 6.50. The Morgan fingerprint density at radius 3 is 2.15 bits per heavy atom. The van der Waals surface area contributed by atoms with Crippen molar-refractivity contribution in [3.63, 3.8) is 0 Å². The molecule has 0 fully saturated rings. The molecule has 4 heteroatoms. The van der Waals surface area contributed by atoms with E-state index in [4.69, 9.17) is 0 Å². The van der Waals surface area contributed by atoms with Crippen molar-refractivity contribution in [2.24, 2.45) is 0 Å². The summed E-state index contributed by atoms with van der Waals surface area (Å²) in [6.07, 6.45) is 10.4. The van der Waals surface area contributed by atoms with Crippen molar-refractivity contribution in [1.82, 2.24) is 0 Å². The maximum atomic E-state index is 2.72. The summed E-state index contributed by atoms with van der Waals surface area (Å²) in [7, 11) is -0.170. The van der Waals surface area contributed by atoms with Crippen LogP contribution < -0.4 is 0 Å². The zero-order valence-electron chi connectivity index (χ0n) is 18.0. The first-order chi connectivity index (χ1) is 11.7. The van der Waals surface area contributed by atoms with Gasteiger partial charge in [0.05, 0.1) is 0 Å². The van der Waals surface area contributed by atoms with Crippen molar-refractivity contribution in [1.29, 1.82) is 0 Å². The minimum atomic E-state index is -2.91. The van der Waals surface area contributed by atoms with Crippen molar-refractivity contribution >= 4 is 29.9 Å². The van der Waals surface area contributed by atoms with Crippen LogP contribution in [0.25, 0.3) is 6.08 Å². The molecule has 1 aromatic carbocycles. The maximum absolute atomic E-state index is 2.91. The molecule has 2 atom stereocenters. The van der Waals surface area contributed by atoms with Gasteiger partial charge in [0, 0.05) is 0 Å². The summed E-state index contributed by atoms with van der Waals surface area (Å²) in [5.74, 6) is 0. The molecule has 0 saturated carbocycles. The first kappa shape index (κ1) is 20.5. The number of hydrogen-bond donors (Lipinski definition) is 0. The molecule has 26 heavy (non-hydrogen) atoms. The summed E-state index contributed by atoms with van der Waals surface area (Å²) in [4.78, 5) is 0. The zero-order chi connectivity index (χ0) is 19.6. The Bertz CT molecular complexity index is 898. The van der Waals surface area contributed by atoms with Gasteiger partial charge in [-0.2, -0.15) is 0 Å². The van der Waals surface area contributed by atoms with Gasteiger partial charge in [0.1, 0.15) is 0 Å². The van der Waals surface area contributed by atoms with E-state index in [2.05, 4.69) is 106 Å². The van der Waals surface area contributed by atoms with Crippen LogP contribution in [0, 0.1) is 0 Å². The van der Waals surface area contributed by atoms with Crippen molar-refractivity contribution in [3.05, 3.63) is 62.7 Å². The van der Waals surface area contributed by atoms with Crippen LogP contribution in [0.2, 0.25) is 55.3 Å². The Hall–Kier alpha value is -0.195. The van der Waals surface area contributed by atoms with Gasteiger partial charge in [-0.05, 0) is 0 Å². The molecule has 0 bridgehead atoms. The van der Waals surface area contributed by atoms with Gasteiger partial charge in [-0.1, -0.05) is 0 Å². The third-order valence-electron chi connectivity index (χ3n) is 6.54. The Morgan fingerprint density at radius 2 is 1.58 bits per heavy atom. The quantitative estimate of drug-likeness (QED) is 0.477. The van der Waals surface area contributed by atoms with Gasteiger partial charge >= 0.3 is 166 Å². The van der Waals surface area contributed by atoms with E-state index in [1.54, 1.807) is 10.8 Å². The standard InChI is InChI=1S/C11H21Si2.C9H7.2CH3.H2Si.Ti/c1-12(2,3)10-7-8-11(9-10)13(4,5)6;1-2-5-9-7-3-6-8(9)4-1;;;;/h7,9,11H,1-6H3;1-7H;2*1H3;1H2;. The Labute approximate surface area is 165 Å². The summed E-state index contributed by atoms with van der Waals surface area (Å²) in [6, 6.07) is 9.09. The molecule has 0 radical (unpaired) electrons. The van der Waals surface area contributed by atoms with Crippen LogP contribution in [0.1, 0.15) is 15.3 Å². The summed E-state index contributed by atoms with van der Waals surface area (Å²) in [6.45, 7) is 15.2. The van der Waals surface area contributed by atoms with Gasteiger partial charge in [0.15, 0.2) is 0 Å². The molecule has 0 saturated heterocycles. The first-order valence-corrected chi connectivity index (χ1v) is 25.9. The van der Waals surface area contributed by atoms with E-state index in [-0.39, 0.29) is 0 Å². The van der Waals surface area contributed by atoms with Gasteiger partial charge in [0.25, 0.3) is 0 Å². The molecule has 0 aromatic heterocycles. The van der Waals surface area contributed by atoms with E-state index in [0.717, 1.165) is 5.54 Å². The van der Waals surface area contributed by atoms with Crippen LogP contribution in [0.4, 0.5) is 0 Å². The number of benzene rings is 1. The zero-order valence-corrected chi connectivity index (χ0v) is 23.0. The van der Waals surface area contributed by atoms with Crippen LogP contribution in [0.3, 0.4) is 0 Å². The van der Waals surface area contributed by atoms with Crippen LogP contribution >= 0.6 is 0 Å². The van der Waals surface area contributed by atoms with E-state index in [9.17, 15) is 0 Å². The number of rotatable bonds is 4. The second-order valence-electron chi connectivity index (χ2n) is 11.6. The first-order valence-electron chi connectivity index (χ1n) is 9.99. The van der Waals surface area contributed by atoms with Crippen molar-refractivity contribution in [3.8, 4) is 0 Å². The molecular weight excluding hydrogens is 396 g/mol. The summed E-state index contributed by atoms with van der Waals surface area (Å²) in [5.41, 5.74) is 3.76. The molecule has 140 valence electrons. The molecule has 0 heterocycles. The number of fused-ring (bicyclic) bond motifs is 1. The van der Waals surface area contributed by atoms with Gasteiger partial charge in [-0.3, -0.25) is 0 Å². The number of allylic oxidation sites excluding steroid dienone is 5. The summed E-state index contributed by atoms with van der Waals surface area (Å²) >= 11 is -2.91. The Balaban J connectivity index is 2.17. The SMILES string of the molecule is C[Si](C)(C)C1=CC([Si](C)(C)C)[C]([Ti]([CH3])([CH3])(=[SiH2])[CH]2C=Cc3ccccc32)=C1. The summed E-state index contributed by atoms with van der Waals surface area (Å²) in [5, 5.41) is 7.11. The van der Waals surface area contributed by atoms with Crippen molar-refractivity contribution < 1.29 is 14.0 Å². The Kier molecular flexibility index (Phi) is 4.86. The fourth-order valence-corrected chi connectivity index (χ4v) is 22.1. The molecule has 1 aromatic rings. The average Bonchev–Trinajstić information content (AvgIpc) is 3.11. The topological polar surface area (TPSA) is 0 Å². The third kappa shape index (κ3) is 3.46. The second-order valence-corrected chi connectivity index (χ2v) is 41.6. The van der Waals surface area contributed by atoms with E-state index in [1.807, 2.05) is 3.88 Å². The fourth-order valence-electron chi connectivity index (χ4n) is 4.74. The molecule has 0 amide bonds. The van der Waals surface area contributed by atoms with Gasteiger partial charge in [-0.15, -0.1) is 0 Å². The summed E-state index contributed by atoms with van der Waals surface area (Å²) < 4.78 is 2.52. The van der Waals surface area contributed by atoms with Gasteiger partial charge in [0.2, 0.25) is 0 Å². The normalized spacial score (nSPS) is 23.7. The van der Waals surface area contributed by atoms with E-state index < -0.39 is 30.2 Å². The van der Waals surface area contributed by atoms with Gasteiger partial charge in [-0.25, -0.2) is 0 Å². The molecule has 0 spiro atoms. The fraction of sp³-hybridized carbons (Fsp3) is 0.455.